The molecule has 0 saturated heterocycles. The quantitative estimate of drug-likeness (QED) is 0.643. The zero-order chi connectivity index (χ0) is 18.3. The van der Waals surface area contributed by atoms with E-state index in [4.69, 9.17) is 4.74 Å². The van der Waals surface area contributed by atoms with Gasteiger partial charge in [0.2, 0.25) is 0 Å². The summed E-state index contributed by atoms with van der Waals surface area (Å²) in [6.45, 7) is 13.8. The van der Waals surface area contributed by atoms with Gasteiger partial charge in [-0.25, -0.2) is 0 Å². The summed E-state index contributed by atoms with van der Waals surface area (Å²) in [5, 5.41) is 0. The predicted octanol–water partition coefficient (Wildman–Crippen LogP) is 3.92. The first-order valence-electron chi connectivity index (χ1n) is 8.69. The summed E-state index contributed by atoms with van der Waals surface area (Å²) in [6.07, 6.45) is 1.03. The zero-order valence-electron chi connectivity index (χ0n) is 16.0. The highest BCUT2D eigenvalue weighted by atomic mass is 16.5. The highest BCUT2D eigenvalue weighted by molar-refractivity contribution is 5.92. The molecule has 1 unspecified atom stereocenters. The second kappa shape index (κ2) is 9.36. The van der Waals surface area contributed by atoms with E-state index in [1.54, 1.807) is 7.11 Å². The van der Waals surface area contributed by atoms with E-state index in [-0.39, 0.29) is 11.9 Å². The Morgan fingerprint density at radius 1 is 1.29 bits per heavy atom. The van der Waals surface area contributed by atoms with Gasteiger partial charge >= 0.3 is 0 Å². The van der Waals surface area contributed by atoms with Gasteiger partial charge in [0.15, 0.2) is 0 Å². The normalized spacial score (nSPS) is 13.1. The van der Waals surface area contributed by atoms with E-state index in [0.29, 0.717) is 18.2 Å². The number of rotatable bonds is 9. The maximum Gasteiger partial charge on any atom is 0.270 e. The van der Waals surface area contributed by atoms with Crippen molar-refractivity contribution in [2.75, 3.05) is 20.7 Å². The van der Waals surface area contributed by atoms with Crippen LogP contribution < -0.4 is 4.74 Å². The summed E-state index contributed by atoms with van der Waals surface area (Å²) >= 11 is 0. The Morgan fingerprint density at radius 3 is 2.50 bits per heavy atom. The van der Waals surface area contributed by atoms with Gasteiger partial charge in [-0.05, 0) is 37.5 Å². The average molecular weight is 332 g/mol. The number of hydrogen-bond acceptors (Lipinski definition) is 3. The van der Waals surface area contributed by atoms with Crippen molar-refractivity contribution in [2.24, 2.45) is 5.92 Å². The number of nitrogens with zero attached hydrogens (tertiary/aromatic N) is 2. The van der Waals surface area contributed by atoms with E-state index in [0.717, 1.165) is 24.3 Å². The van der Waals surface area contributed by atoms with Crippen LogP contribution in [0.4, 0.5) is 0 Å². The maximum atomic E-state index is 13.0. The third-order valence-corrected chi connectivity index (χ3v) is 4.89. The molecule has 4 heteroatoms. The van der Waals surface area contributed by atoms with Crippen molar-refractivity contribution in [2.45, 2.75) is 46.7 Å². The molecular formula is C20H32N2O2. The summed E-state index contributed by atoms with van der Waals surface area (Å²) in [5.41, 5.74) is 1.60. The van der Waals surface area contributed by atoms with Crippen molar-refractivity contribution in [3.8, 4) is 5.75 Å². The van der Waals surface area contributed by atoms with Gasteiger partial charge < -0.3 is 14.5 Å². The third kappa shape index (κ3) is 5.02. The SMILES string of the molecule is C=C(C(=O)N(Cc1cccc(OC)c1)C(C)[C@@H](C)CC)N(C)CC. The van der Waals surface area contributed by atoms with Gasteiger partial charge in [-0.2, -0.15) is 0 Å². The molecule has 0 aliphatic rings. The molecular weight excluding hydrogens is 300 g/mol. The molecule has 0 aliphatic carbocycles. The molecule has 0 radical (unpaired) electrons. The zero-order valence-corrected chi connectivity index (χ0v) is 16.0. The summed E-state index contributed by atoms with van der Waals surface area (Å²) in [7, 11) is 3.56. The molecule has 0 aliphatic heterocycles. The van der Waals surface area contributed by atoms with Crippen molar-refractivity contribution >= 4 is 5.91 Å². The number of likely N-dealkylation sites (N-methyl/N-ethyl adjacent to an activating group) is 1. The number of hydrogen-bond donors (Lipinski definition) is 0. The summed E-state index contributed by atoms with van der Waals surface area (Å²) < 4.78 is 5.30. The van der Waals surface area contributed by atoms with E-state index >= 15 is 0 Å². The Balaban J connectivity index is 3.08. The minimum absolute atomic E-state index is 0.00466. The first kappa shape index (κ1) is 20.1. The first-order valence-corrected chi connectivity index (χ1v) is 8.69. The van der Waals surface area contributed by atoms with Gasteiger partial charge in [0, 0.05) is 26.2 Å². The Hall–Kier alpha value is -1.97. The number of benzene rings is 1. The Bertz CT molecular complexity index is 556. The fraction of sp³-hybridized carbons (Fsp3) is 0.550. The van der Waals surface area contributed by atoms with E-state index in [1.807, 2.05) is 48.0 Å². The minimum Gasteiger partial charge on any atom is -0.497 e. The first-order chi connectivity index (χ1) is 11.3. The smallest absolute Gasteiger partial charge is 0.270 e. The van der Waals surface area contributed by atoms with Crippen LogP contribution in [0.1, 0.15) is 39.7 Å². The Kier molecular flexibility index (Phi) is 7.83. The fourth-order valence-electron chi connectivity index (χ4n) is 2.54. The minimum atomic E-state index is -0.00466. The average Bonchev–Trinajstić information content (AvgIpc) is 2.62. The van der Waals surface area contributed by atoms with E-state index in [2.05, 4.69) is 27.4 Å². The molecule has 1 rings (SSSR count). The summed E-state index contributed by atoms with van der Waals surface area (Å²) in [6, 6.07) is 8.01. The Labute approximate surface area is 147 Å². The number of methoxy groups -OCH3 is 1. The van der Waals surface area contributed by atoms with Crippen LogP contribution in [0.25, 0.3) is 0 Å². The molecule has 0 N–H and O–H groups in total. The van der Waals surface area contributed by atoms with Gasteiger partial charge in [-0.1, -0.05) is 39.0 Å². The Morgan fingerprint density at radius 2 is 1.96 bits per heavy atom. The maximum absolute atomic E-state index is 13.0. The van der Waals surface area contributed by atoms with Crippen LogP contribution in [0.3, 0.4) is 0 Å². The highest BCUT2D eigenvalue weighted by Crippen LogP contribution is 2.22. The molecule has 0 bridgehead atoms. The second-order valence-corrected chi connectivity index (χ2v) is 6.37. The van der Waals surface area contributed by atoms with Crippen LogP contribution >= 0.6 is 0 Å². The summed E-state index contributed by atoms with van der Waals surface area (Å²) in [4.78, 5) is 16.8. The summed E-state index contributed by atoms with van der Waals surface area (Å²) in [5.74, 6) is 1.22. The molecule has 0 aromatic heterocycles. The van der Waals surface area contributed by atoms with Crippen molar-refractivity contribution in [1.29, 1.82) is 0 Å². The highest BCUT2D eigenvalue weighted by Gasteiger charge is 2.27. The van der Waals surface area contributed by atoms with Crippen molar-refractivity contribution < 1.29 is 9.53 Å². The van der Waals surface area contributed by atoms with Crippen molar-refractivity contribution in [1.82, 2.24) is 9.80 Å². The third-order valence-electron chi connectivity index (χ3n) is 4.89. The lowest BCUT2D eigenvalue weighted by Crippen LogP contribution is -2.44. The van der Waals surface area contributed by atoms with Gasteiger partial charge in [-0.15, -0.1) is 0 Å². The molecule has 0 spiro atoms. The van der Waals surface area contributed by atoms with Crippen LogP contribution in [-0.2, 0) is 11.3 Å². The van der Waals surface area contributed by atoms with E-state index in [9.17, 15) is 4.79 Å². The molecule has 1 aromatic rings. The largest absolute Gasteiger partial charge is 0.497 e. The van der Waals surface area contributed by atoms with Gasteiger partial charge in [0.25, 0.3) is 5.91 Å². The van der Waals surface area contributed by atoms with Crippen molar-refractivity contribution in [3.05, 3.63) is 42.1 Å². The van der Waals surface area contributed by atoms with Crippen LogP contribution in [-0.4, -0.2) is 42.5 Å². The standard InChI is InChI=1S/C20H32N2O2/c1-8-15(3)16(4)22(20(23)17(5)21(6)9-2)14-18-11-10-12-19(13-18)24-7/h10-13,15-16H,5,8-9,14H2,1-4,6-7H3/t15-,16?/m0/s1. The number of amides is 1. The molecule has 24 heavy (non-hydrogen) atoms. The molecule has 0 saturated carbocycles. The van der Waals surface area contributed by atoms with Crippen LogP contribution in [0.15, 0.2) is 36.5 Å². The fourth-order valence-corrected chi connectivity index (χ4v) is 2.54. The molecule has 1 aromatic carbocycles. The van der Waals surface area contributed by atoms with Crippen LogP contribution in [0.5, 0.6) is 5.75 Å². The molecule has 4 nitrogen and oxygen atoms in total. The monoisotopic (exact) mass is 332 g/mol. The van der Waals surface area contributed by atoms with Crippen LogP contribution in [0, 0.1) is 5.92 Å². The predicted molar refractivity (Wildman–Crippen MR) is 99.9 cm³/mol. The van der Waals surface area contributed by atoms with E-state index < -0.39 is 0 Å². The molecule has 0 fully saturated rings. The second-order valence-electron chi connectivity index (χ2n) is 6.37. The number of carbonyl (C=O) groups excluding carboxylic acids is 1. The number of ether oxygens (including phenoxy) is 1. The lowest BCUT2D eigenvalue weighted by atomic mass is 9.98. The number of carbonyl (C=O) groups is 1. The molecule has 134 valence electrons. The van der Waals surface area contributed by atoms with Gasteiger partial charge in [0.05, 0.1) is 12.8 Å². The van der Waals surface area contributed by atoms with E-state index in [1.165, 1.54) is 0 Å². The topological polar surface area (TPSA) is 32.8 Å². The van der Waals surface area contributed by atoms with Gasteiger partial charge in [0.1, 0.15) is 5.75 Å². The van der Waals surface area contributed by atoms with Crippen LogP contribution in [0.2, 0.25) is 0 Å². The van der Waals surface area contributed by atoms with Gasteiger partial charge in [-0.3, -0.25) is 4.79 Å². The van der Waals surface area contributed by atoms with Crippen molar-refractivity contribution in [3.63, 3.8) is 0 Å². The lowest BCUT2D eigenvalue weighted by molar-refractivity contribution is -0.132. The molecule has 1 amide bonds. The molecule has 0 heterocycles. The lowest BCUT2D eigenvalue weighted by Gasteiger charge is -2.35. The molecule has 2 atom stereocenters.